The van der Waals surface area contributed by atoms with Gasteiger partial charge in [-0.15, -0.1) is 0 Å². The van der Waals surface area contributed by atoms with Crippen molar-refractivity contribution in [3.05, 3.63) is 33.8 Å². The molecule has 3 heteroatoms. The first-order chi connectivity index (χ1) is 8.50. The van der Waals surface area contributed by atoms with E-state index in [4.69, 9.17) is 23.2 Å². The second-order valence-electron chi connectivity index (χ2n) is 5.43. The average Bonchev–Trinajstić information content (AvgIpc) is 2.32. The van der Waals surface area contributed by atoms with Gasteiger partial charge in [-0.05, 0) is 43.2 Å². The zero-order valence-electron chi connectivity index (χ0n) is 10.7. The van der Waals surface area contributed by atoms with Crippen LogP contribution < -0.4 is 0 Å². The Balaban J connectivity index is 2.22. The SMILES string of the molecule is CC1CCC(C(=O)c2c(Cl)cccc2Cl)CC1C. The summed E-state index contributed by atoms with van der Waals surface area (Å²) in [5.41, 5.74) is 0.507. The molecular weight excluding hydrogens is 267 g/mol. The Bertz CT molecular complexity index is 436. The van der Waals surface area contributed by atoms with Crippen LogP contribution in [0.1, 0.15) is 43.5 Å². The summed E-state index contributed by atoms with van der Waals surface area (Å²) in [6, 6.07) is 5.23. The summed E-state index contributed by atoms with van der Waals surface area (Å²) < 4.78 is 0. The van der Waals surface area contributed by atoms with Gasteiger partial charge < -0.3 is 0 Å². The Labute approximate surface area is 118 Å². The van der Waals surface area contributed by atoms with Crippen molar-refractivity contribution in [3.8, 4) is 0 Å². The third-order valence-corrected chi connectivity index (χ3v) is 4.81. The van der Waals surface area contributed by atoms with Crippen LogP contribution in [0, 0.1) is 17.8 Å². The summed E-state index contributed by atoms with van der Waals surface area (Å²) in [7, 11) is 0. The molecule has 1 aliphatic rings. The molecule has 2 rings (SSSR count). The summed E-state index contributed by atoms with van der Waals surface area (Å²) in [6.45, 7) is 4.48. The summed E-state index contributed by atoms with van der Waals surface area (Å²) >= 11 is 12.2. The average molecular weight is 285 g/mol. The topological polar surface area (TPSA) is 17.1 Å². The fourth-order valence-corrected chi connectivity index (χ4v) is 3.31. The van der Waals surface area contributed by atoms with Crippen LogP contribution in [-0.4, -0.2) is 5.78 Å². The molecule has 1 aromatic rings. The highest BCUT2D eigenvalue weighted by atomic mass is 35.5. The van der Waals surface area contributed by atoms with Crippen LogP contribution in [0.3, 0.4) is 0 Å². The molecule has 0 bridgehead atoms. The molecular formula is C15H18Cl2O. The lowest BCUT2D eigenvalue weighted by Crippen LogP contribution is -2.26. The quantitative estimate of drug-likeness (QED) is 0.678. The van der Waals surface area contributed by atoms with Gasteiger partial charge in [-0.3, -0.25) is 4.79 Å². The van der Waals surface area contributed by atoms with E-state index in [1.807, 2.05) is 0 Å². The lowest BCUT2D eigenvalue weighted by Gasteiger charge is -2.31. The molecule has 0 aromatic heterocycles. The maximum absolute atomic E-state index is 12.5. The van der Waals surface area contributed by atoms with Crippen molar-refractivity contribution in [2.45, 2.75) is 33.1 Å². The molecule has 0 amide bonds. The summed E-state index contributed by atoms with van der Waals surface area (Å²) in [6.07, 6.45) is 3.01. The van der Waals surface area contributed by atoms with E-state index >= 15 is 0 Å². The monoisotopic (exact) mass is 284 g/mol. The van der Waals surface area contributed by atoms with Gasteiger partial charge in [-0.2, -0.15) is 0 Å². The maximum atomic E-state index is 12.5. The van der Waals surface area contributed by atoms with Crippen LogP contribution in [0.15, 0.2) is 18.2 Å². The summed E-state index contributed by atoms with van der Waals surface area (Å²) in [5.74, 6) is 1.49. The van der Waals surface area contributed by atoms with Crippen molar-refractivity contribution < 1.29 is 4.79 Å². The van der Waals surface area contributed by atoms with Gasteiger partial charge in [0.2, 0.25) is 0 Å². The van der Waals surface area contributed by atoms with Crippen LogP contribution in [0.4, 0.5) is 0 Å². The Morgan fingerprint density at radius 1 is 1.11 bits per heavy atom. The van der Waals surface area contributed by atoms with Gasteiger partial charge in [0.1, 0.15) is 0 Å². The lowest BCUT2D eigenvalue weighted by atomic mass is 9.73. The standard InChI is InChI=1S/C15H18Cl2O/c1-9-6-7-11(8-10(9)2)15(18)14-12(16)4-3-5-13(14)17/h3-5,9-11H,6-8H2,1-2H3. The third kappa shape index (κ3) is 2.73. The largest absolute Gasteiger partial charge is 0.294 e. The lowest BCUT2D eigenvalue weighted by molar-refractivity contribution is 0.0838. The molecule has 1 aliphatic carbocycles. The molecule has 0 heterocycles. The first-order valence-electron chi connectivity index (χ1n) is 6.49. The number of carbonyl (C=O) groups is 1. The minimum atomic E-state index is 0.0774. The molecule has 0 radical (unpaired) electrons. The van der Waals surface area contributed by atoms with E-state index in [0.29, 0.717) is 27.4 Å². The van der Waals surface area contributed by atoms with Gasteiger partial charge in [-0.1, -0.05) is 43.1 Å². The number of hydrogen-bond donors (Lipinski definition) is 0. The molecule has 0 aliphatic heterocycles. The first kappa shape index (κ1) is 13.9. The van der Waals surface area contributed by atoms with E-state index in [2.05, 4.69) is 13.8 Å². The zero-order valence-corrected chi connectivity index (χ0v) is 12.3. The van der Waals surface area contributed by atoms with Gasteiger partial charge in [0.05, 0.1) is 15.6 Å². The molecule has 0 spiro atoms. The summed E-state index contributed by atoms with van der Waals surface area (Å²) in [4.78, 5) is 12.5. The Hall–Kier alpha value is -0.530. The number of rotatable bonds is 2. The fourth-order valence-electron chi connectivity index (χ4n) is 2.72. The number of hydrogen-bond acceptors (Lipinski definition) is 1. The van der Waals surface area contributed by atoms with Crippen molar-refractivity contribution in [3.63, 3.8) is 0 Å². The van der Waals surface area contributed by atoms with Gasteiger partial charge in [0, 0.05) is 5.92 Å². The zero-order chi connectivity index (χ0) is 13.3. The number of carbonyl (C=O) groups excluding carboxylic acids is 1. The molecule has 98 valence electrons. The minimum Gasteiger partial charge on any atom is -0.294 e. The van der Waals surface area contributed by atoms with Gasteiger partial charge in [0.15, 0.2) is 5.78 Å². The van der Waals surface area contributed by atoms with Gasteiger partial charge >= 0.3 is 0 Å². The van der Waals surface area contributed by atoms with Crippen molar-refractivity contribution in [1.29, 1.82) is 0 Å². The molecule has 0 N–H and O–H groups in total. The van der Waals surface area contributed by atoms with Crippen molar-refractivity contribution >= 4 is 29.0 Å². The van der Waals surface area contributed by atoms with Crippen LogP contribution in [0.2, 0.25) is 10.0 Å². The van der Waals surface area contributed by atoms with E-state index in [1.165, 1.54) is 0 Å². The second kappa shape index (κ2) is 5.63. The Morgan fingerprint density at radius 3 is 2.28 bits per heavy atom. The normalized spacial score (nSPS) is 28.1. The molecule has 0 saturated heterocycles. The third-order valence-electron chi connectivity index (χ3n) is 4.18. The highest BCUT2D eigenvalue weighted by molar-refractivity contribution is 6.39. The van der Waals surface area contributed by atoms with E-state index < -0.39 is 0 Å². The molecule has 1 fully saturated rings. The molecule has 1 saturated carbocycles. The molecule has 1 nitrogen and oxygen atoms in total. The molecule has 3 atom stereocenters. The Morgan fingerprint density at radius 2 is 1.72 bits per heavy atom. The molecule has 3 unspecified atom stereocenters. The fraction of sp³-hybridized carbons (Fsp3) is 0.533. The number of ketones is 1. The van der Waals surface area contributed by atoms with E-state index in [1.54, 1.807) is 18.2 Å². The van der Waals surface area contributed by atoms with E-state index in [0.717, 1.165) is 19.3 Å². The van der Waals surface area contributed by atoms with Crippen LogP contribution in [0.5, 0.6) is 0 Å². The summed E-state index contributed by atoms with van der Waals surface area (Å²) in [5, 5.41) is 0.942. The van der Waals surface area contributed by atoms with Crippen molar-refractivity contribution in [2.24, 2.45) is 17.8 Å². The van der Waals surface area contributed by atoms with E-state index in [9.17, 15) is 4.79 Å². The van der Waals surface area contributed by atoms with E-state index in [-0.39, 0.29) is 11.7 Å². The predicted octanol–water partition coefficient (Wildman–Crippen LogP) is 5.25. The van der Waals surface area contributed by atoms with Gasteiger partial charge in [0.25, 0.3) is 0 Å². The second-order valence-corrected chi connectivity index (χ2v) is 6.24. The van der Waals surface area contributed by atoms with Crippen LogP contribution in [0.25, 0.3) is 0 Å². The van der Waals surface area contributed by atoms with Crippen molar-refractivity contribution in [2.75, 3.05) is 0 Å². The number of halogens is 2. The van der Waals surface area contributed by atoms with Gasteiger partial charge in [-0.25, -0.2) is 0 Å². The number of Topliss-reactive ketones (excluding diaryl/α,β-unsaturated/α-hetero) is 1. The molecule has 1 aromatic carbocycles. The highest BCUT2D eigenvalue weighted by Crippen LogP contribution is 2.37. The number of benzene rings is 1. The first-order valence-corrected chi connectivity index (χ1v) is 7.24. The van der Waals surface area contributed by atoms with Crippen LogP contribution >= 0.6 is 23.2 Å². The predicted molar refractivity (Wildman–Crippen MR) is 76.5 cm³/mol. The minimum absolute atomic E-state index is 0.0774. The Kier molecular flexibility index (Phi) is 4.34. The maximum Gasteiger partial charge on any atom is 0.168 e. The van der Waals surface area contributed by atoms with Crippen LogP contribution in [-0.2, 0) is 0 Å². The highest BCUT2D eigenvalue weighted by Gasteiger charge is 2.31. The van der Waals surface area contributed by atoms with Crippen molar-refractivity contribution in [1.82, 2.24) is 0 Å². The molecule has 18 heavy (non-hydrogen) atoms. The smallest absolute Gasteiger partial charge is 0.168 e.